The Morgan fingerprint density at radius 3 is 3.08 bits per heavy atom. The summed E-state index contributed by atoms with van der Waals surface area (Å²) in [4.78, 5) is 6.37. The van der Waals surface area contributed by atoms with Gasteiger partial charge < -0.3 is 4.98 Å². The fourth-order valence-electron chi connectivity index (χ4n) is 2.31. The quantitative estimate of drug-likeness (QED) is 0.656. The van der Waals surface area contributed by atoms with Crippen LogP contribution in [0.3, 0.4) is 0 Å². The van der Waals surface area contributed by atoms with Crippen LogP contribution in [-0.4, -0.2) is 4.98 Å². The number of aromatic nitrogens is 1. The van der Waals surface area contributed by atoms with E-state index in [1.165, 1.54) is 46.5 Å². The first kappa shape index (κ1) is 7.63. The maximum atomic E-state index is 3.56. The van der Waals surface area contributed by atoms with Crippen LogP contribution in [-0.2, 0) is 12.8 Å². The lowest BCUT2D eigenvalue weighted by Gasteiger charge is -2.10. The Hall–Kier alpha value is -0.760. The highest BCUT2D eigenvalue weighted by Crippen LogP contribution is 2.33. The summed E-state index contributed by atoms with van der Waals surface area (Å²) in [7, 11) is 0. The van der Waals surface area contributed by atoms with E-state index < -0.39 is 0 Å². The zero-order valence-corrected chi connectivity index (χ0v) is 8.63. The largest absolute Gasteiger partial charge is 0.350 e. The van der Waals surface area contributed by atoms with E-state index in [1.54, 1.807) is 5.56 Å². The average molecular weight is 191 g/mol. The van der Waals surface area contributed by atoms with Crippen LogP contribution >= 0.6 is 11.3 Å². The summed E-state index contributed by atoms with van der Waals surface area (Å²) < 4.78 is 0. The SMILES string of the molecule is Cc1cc2c3c([nH]c2s1)CCCC3. The second kappa shape index (κ2) is 2.61. The van der Waals surface area contributed by atoms with Crippen molar-refractivity contribution in [3.63, 3.8) is 0 Å². The van der Waals surface area contributed by atoms with Crippen molar-refractivity contribution in [2.24, 2.45) is 0 Å². The molecule has 1 aliphatic rings. The topological polar surface area (TPSA) is 15.8 Å². The van der Waals surface area contributed by atoms with Crippen molar-refractivity contribution < 1.29 is 0 Å². The van der Waals surface area contributed by atoms with Gasteiger partial charge in [0.15, 0.2) is 0 Å². The third-order valence-electron chi connectivity index (χ3n) is 2.91. The molecular weight excluding hydrogens is 178 g/mol. The van der Waals surface area contributed by atoms with Crippen molar-refractivity contribution in [1.82, 2.24) is 4.98 Å². The van der Waals surface area contributed by atoms with Crippen LogP contribution in [0.4, 0.5) is 0 Å². The van der Waals surface area contributed by atoms with E-state index >= 15 is 0 Å². The molecule has 0 saturated carbocycles. The van der Waals surface area contributed by atoms with Crippen LogP contribution in [0.2, 0.25) is 0 Å². The van der Waals surface area contributed by atoms with Crippen molar-refractivity contribution in [3.05, 3.63) is 22.2 Å². The fourth-order valence-corrected chi connectivity index (χ4v) is 3.27. The van der Waals surface area contributed by atoms with Crippen LogP contribution in [0.15, 0.2) is 6.07 Å². The first-order chi connectivity index (χ1) is 6.34. The Morgan fingerprint density at radius 1 is 1.31 bits per heavy atom. The Balaban J connectivity index is 2.30. The number of aromatic amines is 1. The number of thiophene rings is 1. The van der Waals surface area contributed by atoms with Crippen molar-refractivity contribution in [1.29, 1.82) is 0 Å². The number of hydrogen-bond donors (Lipinski definition) is 1. The Labute approximate surface area is 81.8 Å². The van der Waals surface area contributed by atoms with Gasteiger partial charge in [-0.2, -0.15) is 0 Å². The molecule has 0 bridgehead atoms. The molecular formula is C11H13NS. The average Bonchev–Trinajstić information content (AvgIpc) is 2.60. The number of aryl methyl sites for hydroxylation is 3. The molecule has 2 heteroatoms. The van der Waals surface area contributed by atoms with Crippen molar-refractivity contribution >= 4 is 21.6 Å². The highest BCUT2D eigenvalue weighted by atomic mass is 32.1. The van der Waals surface area contributed by atoms with E-state index in [9.17, 15) is 0 Å². The summed E-state index contributed by atoms with van der Waals surface area (Å²) in [5.74, 6) is 0. The number of fused-ring (bicyclic) bond motifs is 3. The van der Waals surface area contributed by atoms with Crippen LogP contribution in [0, 0.1) is 6.92 Å². The summed E-state index contributed by atoms with van der Waals surface area (Å²) >= 11 is 1.89. The maximum absolute atomic E-state index is 3.56. The zero-order chi connectivity index (χ0) is 8.84. The molecule has 0 radical (unpaired) electrons. The molecule has 0 spiro atoms. The van der Waals surface area contributed by atoms with Gasteiger partial charge in [0.05, 0.1) is 0 Å². The van der Waals surface area contributed by atoms with E-state index in [0.29, 0.717) is 0 Å². The first-order valence-corrected chi connectivity index (χ1v) is 5.76. The molecule has 0 aromatic carbocycles. The molecule has 13 heavy (non-hydrogen) atoms. The van der Waals surface area contributed by atoms with Crippen LogP contribution < -0.4 is 0 Å². The van der Waals surface area contributed by atoms with E-state index in [2.05, 4.69) is 18.0 Å². The standard InChI is InChI=1S/C11H13NS/c1-7-6-9-8-4-2-3-5-10(8)12-11(9)13-7/h6,12H,2-5H2,1H3. The molecule has 2 heterocycles. The third kappa shape index (κ3) is 1.05. The van der Waals surface area contributed by atoms with Gasteiger partial charge in [-0.15, -0.1) is 11.3 Å². The molecule has 0 amide bonds. The van der Waals surface area contributed by atoms with E-state index in [4.69, 9.17) is 0 Å². The smallest absolute Gasteiger partial charge is 0.100 e. The number of hydrogen-bond acceptors (Lipinski definition) is 1. The Morgan fingerprint density at radius 2 is 2.15 bits per heavy atom. The van der Waals surface area contributed by atoms with Gasteiger partial charge in [0.2, 0.25) is 0 Å². The highest BCUT2D eigenvalue weighted by Gasteiger charge is 2.16. The Kier molecular flexibility index (Phi) is 1.53. The first-order valence-electron chi connectivity index (χ1n) is 4.94. The number of H-pyrrole nitrogens is 1. The van der Waals surface area contributed by atoms with Gasteiger partial charge in [0.25, 0.3) is 0 Å². The van der Waals surface area contributed by atoms with Gasteiger partial charge in [-0.05, 0) is 44.2 Å². The lowest BCUT2D eigenvalue weighted by atomic mass is 9.96. The predicted molar refractivity (Wildman–Crippen MR) is 57.6 cm³/mol. The van der Waals surface area contributed by atoms with Gasteiger partial charge >= 0.3 is 0 Å². The monoisotopic (exact) mass is 191 g/mol. The summed E-state index contributed by atoms with van der Waals surface area (Å²) in [5, 5.41) is 1.50. The molecule has 1 aliphatic carbocycles. The molecule has 2 aromatic rings. The van der Waals surface area contributed by atoms with Gasteiger partial charge in [-0.25, -0.2) is 0 Å². The molecule has 0 unspecified atom stereocenters. The van der Waals surface area contributed by atoms with Crippen LogP contribution in [0.25, 0.3) is 10.2 Å². The third-order valence-corrected chi connectivity index (χ3v) is 3.88. The summed E-state index contributed by atoms with van der Waals surface area (Å²) in [6.45, 7) is 2.19. The Bertz CT molecular complexity index is 450. The van der Waals surface area contributed by atoms with Crippen molar-refractivity contribution in [3.8, 4) is 0 Å². The highest BCUT2D eigenvalue weighted by molar-refractivity contribution is 7.18. The molecule has 0 saturated heterocycles. The molecule has 2 aromatic heterocycles. The minimum absolute atomic E-state index is 1.26. The molecule has 1 N–H and O–H groups in total. The molecule has 0 aliphatic heterocycles. The van der Waals surface area contributed by atoms with Gasteiger partial charge in [-0.3, -0.25) is 0 Å². The predicted octanol–water partition coefficient (Wildman–Crippen LogP) is 3.42. The fraction of sp³-hybridized carbons (Fsp3) is 0.455. The van der Waals surface area contributed by atoms with Crippen molar-refractivity contribution in [2.45, 2.75) is 32.6 Å². The lowest BCUT2D eigenvalue weighted by Crippen LogP contribution is -1.99. The zero-order valence-electron chi connectivity index (χ0n) is 7.81. The second-order valence-corrected chi connectivity index (χ2v) is 5.15. The second-order valence-electron chi connectivity index (χ2n) is 3.89. The molecule has 1 nitrogen and oxygen atoms in total. The maximum Gasteiger partial charge on any atom is 0.100 e. The molecule has 68 valence electrons. The molecule has 0 fully saturated rings. The van der Waals surface area contributed by atoms with E-state index in [0.717, 1.165) is 0 Å². The van der Waals surface area contributed by atoms with Crippen LogP contribution in [0.1, 0.15) is 29.0 Å². The number of nitrogens with one attached hydrogen (secondary N) is 1. The summed E-state index contributed by atoms with van der Waals surface area (Å²) in [5.41, 5.74) is 3.11. The van der Waals surface area contributed by atoms with Gasteiger partial charge in [0.1, 0.15) is 4.83 Å². The summed E-state index contributed by atoms with van der Waals surface area (Å²) in [6.07, 6.45) is 5.27. The van der Waals surface area contributed by atoms with Gasteiger partial charge in [-0.1, -0.05) is 0 Å². The summed E-state index contributed by atoms with van der Waals surface area (Å²) in [6, 6.07) is 2.33. The van der Waals surface area contributed by atoms with E-state index in [-0.39, 0.29) is 0 Å². The molecule has 3 rings (SSSR count). The molecule has 0 atom stereocenters. The minimum atomic E-state index is 1.26. The van der Waals surface area contributed by atoms with Crippen molar-refractivity contribution in [2.75, 3.05) is 0 Å². The van der Waals surface area contributed by atoms with E-state index in [1.807, 2.05) is 11.3 Å². The minimum Gasteiger partial charge on any atom is -0.350 e. The lowest BCUT2D eigenvalue weighted by molar-refractivity contribution is 0.680. The normalized spacial score (nSPS) is 16.4. The van der Waals surface area contributed by atoms with Gasteiger partial charge in [0, 0.05) is 16.0 Å². The number of rotatable bonds is 0. The van der Waals surface area contributed by atoms with Crippen LogP contribution in [0.5, 0.6) is 0 Å².